The van der Waals surface area contributed by atoms with Crippen LogP contribution in [0, 0.1) is 6.92 Å². The monoisotopic (exact) mass is 277 g/mol. The van der Waals surface area contributed by atoms with Crippen molar-refractivity contribution in [3.05, 3.63) is 65.0 Å². The van der Waals surface area contributed by atoms with Crippen LogP contribution >= 0.6 is 0 Å². The molecule has 0 saturated heterocycles. The molecule has 0 spiro atoms. The summed E-state index contributed by atoms with van der Waals surface area (Å²) in [5, 5.41) is 0. The highest BCUT2D eigenvalue weighted by molar-refractivity contribution is 6.12. The number of carbonyl (C=O) groups is 1. The number of H-pyrrole nitrogens is 1. The highest BCUT2D eigenvalue weighted by Crippen LogP contribution is 2.29. The Morgan fingerprint density at radius 3 is 3.05 bits per heavy atom. The second-order valence-corrected chi connectivity index (χ2v) is 5.43. The lowest BCUT2D eigenvalue weighted by Gasteiger charge is -2.14. The van der Waals surface area contributed by atoms with E-state index in [1.807, 2.05) is 41.8 Å². The molecule has 3 aromatic rings. The van der Waals surface area contributed by atoms with E-state index in [1.54, 1.807) is 6.33 Å². The largest absolute Gasteiger partial charge is 0.348 e. The summed E-state index contributed by atoms with van der Waals surface area (Å²) < 4.78 is 1.99. The Kier molecular flexibility index (Phi) is 2.57. The molecule has 0 atom stereocenters. The van der Waals surface area contributed by atoms with Crippen LogP contribution in [0.25, 0.3) is 11.6 Å². The van der Waals surface area contributed by atoms with Crippen molar-refractivity contribution in [3.8, 4) is 0 Å². The molecule has 1 aliphatic carbocycles. The van der Waals surface area contributed by atoms with Crippen LogP contribution in [0.1, 0.15) is 33.9 Å². The Morgan fingerprint density at radius 2 is 2.24 bits per heavy atom. The summed E-state index contributed by atoms with van der Waals surface area (Å²) in [5.74, 6) is 0.116. The third kappa shape index (κ3) is 1.83. The maximum Gasteiger partial charge on any atom is 0.206 e. The van der Waals surface area contributed by atoms with Gasteiger partial charge in [0.05, 0.1) is 17.7 Å². The lowest BCUT2D eigenvalue weighted by Crippen LogP contribution is -2.15. The number of rotatable bonds is 1. The number of Topliss-reactive ketones (excluding diaryl/α,β-unsaturated/α-hetero) is 1. The number of imidazole rings is 1. The van der Waals surface area contributed by atoms with E-state index in [0.29, 0.717) is 0 Å². The Bertz CT molecular complexity index is 882. The molecule has 0 aromatic carbocycles. The van der Waals surface area contributed by atoms with Crippen LogP contribution in [0.4, 0.5) is 0 Å². The number of allylic oxidation sites excluding steroid dienone is 1. The van der Waals surface area contributed by atoms with Crippen LogP contribution in [-0.2, 0) is 6.42 Å². The number of hydrogen-bond acceptors (Lipinski definition) is 2. The molecule has 3 heterocycles. The summed E-state index contributed by atoms with van der Waals surface area (Å²) in [4.78, 5) is 20.1. The van der Waals surface area contributed by atoms with Crippen molar-refractivity contribution >= 4 is 17.4 Å². The lowest BCUT2D eigenvalue weighted by molar-refractivity contribution is 0.102. The lowest BCUT2D eigenvalue weighted by atomic mass is 9.91. The van der Waals surface area contributed by atoms with Crippen LogP contribution < -0.4 is 0 Å². The number of aromatic amines is 1. The predicted molar refractivity (Wildman–Crippen MR) is 81.4 cm³/mol. The van der Waals surface area contributed by atoms with Crippen molar-refractivity contribution in [1.82, 2.24) is 14.4 Å². The van der Waals surface area contributed by atoms with Gasteiger partial charge in [-0.1, -0.05) is 6.07 Å². The first kappa shape index (κ1) is 12.1. The third-order valence-corrected chi connectivity index (χ3v) is 4.11. The molecule has 0 radical (unpaired) electrons. The number of aryl methyl sites for hydroxylation is 2. The van der Waals surface area contributed by atoms with E-state index in [4.69, 9.17) is 0 Å². The number of fused-ring (bicyclic) bond motifs is 3. The molecule has 3 aromatic heterocycles. The van der Waals surface area contributed by atoms with Gasteiger partial charge in [0, 0.05) is 23.0 Å². The zero-order valence-corrected chi connectivity index (χ0v) is 11.8. The van der Waals surface area contributed by atoms with E-state index in [-0.39, 0.29) is 5.78 Å². The first-order valence-electron chi connectivity index (χ1n) is 7.08. The normalized spacial score (nSPS) is 16.6. The minimum atomic E-state index is 0.116. The molecule has 1 aliphatic rings. The summed E-state index contributed by atoms with van der Waals surface area (Å²) in [5.41, 5.74) is 5.69. The summed E-state index contributed by atoms with van der Waals surface area (Å²) >= 11 is 0. The van der Waals surface area contributed by atoms with Crippen LogP contribution in [-0.4, -0.2) is 20.2 Å². The predicted octanol–water partition coefficient (Wildman–Crippen LogP) is 3.18. The fourth-order valence-corrected chi connectivity index (χ4v) is 2.98. The zero-order valence-electron chi connectivity index (χ0n) is 11.8. The molecule has 0 bridgehead atoms. The molecular weight excluding hydrogens is 262 g/mol. The van der Waals surface area contributed by atoms with Gasteiger partial charge >= 0.3 is 0 Å². The van der Waals surface area contributed by atoms with Crippen molar-refractivity contribution in [2.24, 2.45) is 0 Å². The van der Waals surface area contributed by atoms with Gasteiger partial charge in [-0.2, -0.15) is 0 Å². The van der Waals surface area contributed by atoms with E-state index >= 15 is 0 Å². The molecule has 0 unspecified atom stereocenters. The maximum atomic E-state index is 12.8. The molecule has 0 amide bonds. The molecule has 104 valence electrons. The van der Waals surface area contributed by atoms with Crippen molar-refractivity contribution in [2.45, 2.75) is 19.8 Å². The number of nitrogens with one attached hydrogen (secondary N) is 1. The minimum absolute atomic E-state index is 0.116. The van der Waals surface area contributed by atoms with E-state index in [2.05, 4.69) is 16.0 Å². The van der Waals surface area contributed by atoms with Crippen molar-refractivity contribution in [3.63, 3.8) is 0 Å². The van der Waals surface area contributed by atoms with Gasteiger partial charge in [0.2, 0.25) is 5.78 Å². The molecule has 21 heavy (non-hydrogen) atoms. The first-order chi connectivity index (χ1) is 10.2. The summed E-state index contributed by atoms with van der Waals surface area (Å²) in [7, 11) is 0. The number of aromatic nitrogens is 3. The highest BCUT2D eigenvalue weighted by atomic mass is 16.1. The van der Waals surface area contributed by atoms with Crippen molar-refractivity contribution < 1.29 is 4.79 Å². The molecule has 0 saturated carbocycles. The fourth-order valence-electron chi connectivity index (χ4n) is 2.98. The van der Waals surface area contributed by atoms with E-state index < -0.39 is 0 Å². The third-order valence-electron chi connectivity index (χ3n) is 4.11. The summed E-state index contributed by atoms with van der Waals surface area (Å²) in [6.45, 7) is 1.96. The number of pyridine rings is 1. The second-order valence-electron chi connectivity index (χ2n) is 5.43. The molecule has 1 N–H and O–H groups in total. The highest BCUT2D eigenvalue weighted by Gasteiger charge is 2.25. The average Bonchev–Trinajstić information content (AvgIpc) is 3.06. The number of hydrogen-bond donors (Lipinski definition) is 1. The fraction of sp³-hybridized carbons (Fsp3) is 0.176. The second kappa shape index (κ2) is 4.45. The van der Waals surface area contributed by atoms with Gasteiger partial charge in [-0.15, -0.1) is 0 Å². The summed E-state index contributed by atoms with van der Waals surface area (Å²) in [6.07, 6.45) is 7.20. The molecule has 4 heteroatoms. The smallest absolute Gasteiger partial charge is 0.206 e. The van der Waals surface area contributed by atoms with Crippen LogP contribution in [0.2, 0.25) is 0 Å². The number of carbonyl (C=O) groups excluding carboxylic acids is 1. The van der Waals surface area contributed by atoms with E-state index in [1.165, 1.54) is 0 Å². The Balaban J connectivity index is 1.85. The molecule has 4 rings (SSSR count). The topological polar surface area (TPSA) is 50.2 Å². The van der Waals surface area contributed by atoms with Gasteiger partial charge < -0.3 is 9.38 Å². The van der Waals surface area contributed by atoms with Crippen LogP contribution in [0.15, 0.2) is 42.4 Å². The van der Waals surface area contributed by atoms with Gasteiger partial charge in [0.15, 0.2) is 0 Å². The van der Waals surface area contributed by atoms with Crippen LogP contribution in [0.5, 0.6) is 0 Å². The van der Waals surface area contributed by atoms with Crippen LogP contribution in [0.3, 0.4) is 0 Å². The quantitative estimate of drug-likeness (QED) is 0.694. The first-order valence-corrected chi connectivity index (χ1v) is 7.08. The zero-order chi connectivity index (χ0) is 14.4. The number of nitrogens with zero attached hydrogens (tertiary/aromatic N) is 2. The van der Waals surface area contributed by atoms with Crippen molar-refractivity contribution in [1.29, 1.82) is 0 Å². The van der Waals surface area contributed by atoms with E-state index in [9.17, 15) is 4.79 Å². The standard InChI is InChI=1S/C17H15N3O/c1-11-15(19-10-18-11)9-13-6-5-12-8-14-4-2-3-7-20(14)16(12)17(13)21/h2-4,7-10H,5-6H2,1H3,(H,18,19). The minimum Gasteiger partial charge on any atom is -0.348 e. The Morgan fingerprint density at radius 1 is 1.33 bits per heavy atom. The van der Waals surface area contributed by atoms with Crippen molar-refractivity contribution in [2.75, 3.05) is 0 Å². The SMILES string of the molecule is Cc1[nH]cnc1C=C1CCc2cc3ccccn3c2C1=O. The van der Waals surface area contributed by atoms with Gasteiger partial charge in [-0.05, 0) is 49.6 Å². The van der Waals surface area contributed by atoms with Gasteiger partial charge in [-0.3, -0.25) is 4.79 Å². The van der Waals surface area contributed by atoms with Gasteiger partial charge in [0.1, 0.15) is 0 Å². The van der Waals surface area contributed by atoms with Gasteiger partial charge in [-0.25, -0.2) is 4.98 Å². The summed E-state index contributed by atoms with van der Waals surface area (Å²) in [6, 6.07) is 8.10. The van der Waals surface area contributed by atoms with E-state index in [0.717, 1.165) is 46.6 Å². The van der Waals surface area contributed by atoms with Gasteiger partial charge in [0.25, 0.3) is 0 Å². The molecule has 4 nitrogen and oxygen atoms in total. The number of ketones is 1. The molecular formula is C17H15N3O. The Hall–Kier alpha value is -2.62. The average molecular weight is 277 g/mol. The Labute approximate surface area is 122 Å². The molecule has 0 aliphatic heterocycles. The molecule has 0 fully saturated rings. The maximum absolute atomic E-state index is 12.8.